The third-order valence-corrected chi connectivity index (χ3v) is 15.4. The maximum Gasteiger partial charge on any atom is 1.00 e. The van der Waals surface area contributed by atoms with Crippen molar-refractivity contribution < 1.29 is 83.0 Å². The molecule has 0 unspecified atom stereocenters. The van der Waals surface area contributed by atoms with E-state index in [1.807, 2.05) is 121 Å². The van der Waals surface area contributed by atoms with Gasteiger partial charge in [-0.25, -0.2) is 24.0 Å². The molecule has 8 saturated heterocycles. The van der Waals surface area contributed by atoms with Crippen molar-refractivity contribution in [1.82, 2.24) is 39.9 Å². The Labute approximate surface area is 487 Å². The third-order valence-electron chi connectivity index (χ3n) is 15.4. The fourth-order valence-corrected chi connectivity index (χ4v) is 11.2. The number of benzene rings is 4. The quantitative estimate of drug-likeness (QED) is 0.0916. The van der Waals surface area contributed by atoms with Crippen molar-refractivity contribution >= 4 is 51.1 Å². The van der Waals surface area contributed by atoms with Crippen LogP contribution in [0.4, 0.5) is 19.2 Å². The summed E-state index contributed by atoms with van der Waals surface area (Å²) in [5, 5.41) is 15.1. The van der Waals surface area contributed by atoms with Gasteiger partial charge in [0.15, 0.2) is 0 Å². The number of fused-ring (bicyclic) bond motifs is 8. The number of rotatable bonds is 17. The Bertz CT molecular complexity index is 2610. The van der Waals surface area contributed by atoms with Crippen LogP contribution in [-0.4, -0.2) is 184 Å². The topological polar surface area (TPSA) is 212 Å². The van der Waals surface area contributed by atoms with E-state index < -0.39 is 6.04 Å². The summed E-state index contributed by atoms with van der Waals surface area (Å²) in [6.07, 6.45) is 7.92. The van der Waals surface area contributed by atoms with Crippen LogP contribution in [0, 0.1) is 0 Å². The van der Waals surface area contributed by atoms with E-state index in [2.05, 4.69) is 0 Å². The molecule has 8 aliphatic rings. The number of ether oxygens (including phenoxy) is 1. The molecule has 4 aromatic rings. The van der Waals surface area contributed by atoms with Crippen LogP contribution in [0.25, 0.3) is 0 Å². The van der Waals surface area contributed by atoms with Crippen LogP contribution in [0.3, 0.4) is 0 Å². The molecule has 3 radical (unpaired) electrons. The predicted octanol–water partition coefficient (Wildman–Crippen LogP) is 3.24. The van der Waals surface area contributed by atoms with E-state index in [-0.39, 0.29) is 108 Å². The molecule has 425 valence electrons. The number of hydroxylamine groups is 8. The smallest absolute Gasteiger partial charge is 1.00 e. The van der Waals surface area contributed by atoms with Crippen LogP contribution < -0.4 is 18.9 Å². The Hall–Kier alpha value is -6.77. The van der Waals surface area contributed by atoms with Crippen molar-refractivity contribution in [2.75, 3.05) is 39.4 Å². The summed E-state index contributed by atoms with van der Waals surface area (Å²) < 4.78 is 5.05. The first-order valence-corrected chi connectivity index (χ1v) is 27.3. The molecule has 81 heavy (non-hydrogen) atoms. The Morgan fingerprint density at radius 3 is 1.14 bits per heavy atom. The van der Waals surface area contributed by atoms with Crippen molar-refractivity contribution in [2.24, 2.45) is 0 Å². The number of urea groups is 4. The average molecular weight is 1110 g/mol. The first-order chi connectivity index (χ1) is 38.6. The van der Waals surface area contributed by atoms with Gasteiger partial charge in [-0.2, -0.15) is 20.3 Å². The van der Waals surface area contributed by atoms with Gasteiger partial charge < -0.3 is 40.5 Å². The molecule has 0 saturated carbocycles. The van der Waals surface area contributed by atoms with Crippen LogP contribution in [0.2, 0.25) is 0 Å². The molecule has 0 spiro atoms. The molecule has 8 aliphatic heterocycles. The molecular weight excluding hydrogens is 1030 g/mol. The molecule has 8 bridgehead atoms. The average Bonchev–Trinajstić information content (AvgIpc) is 4.13. The first-order valence-electron chi connectivity index (χ1n) is 27.3. The molecule has 8 atom stereocenters. The van der Waals surface area contributed by atoms with Gasteiger partial charge in [0, 0.05) is 34.6 Å². The van der Waals surface area contributed by atoms with Gasteiger partial charge in [-0.05, 0) is 80.5 Å². The zero-order valence-electron chi connectivity index (χ0n) is 47.0. The Balaban J connectivity index is 0.000000174. The van der Waals surface area contributed by atoms with Crippen LogP contribution >= 0.6 is 0 Å². The number of hydrogen-bond acceptors (Lipinski definition) is 13. The fourth-order valence-electron chi connectivity index (χ4n) is 11.2. The summed E-state index contributed by atoms with van der Waals surface area (Å²) >= 11 is 0. The van der Waals surface area contributed by atoms with E-state index >= 15 is 0 Å². The van der Waals surface area contributed by atoms with Crippen LogP contribution in [0.15, 0.2) is 121 Å². The summed E-state index contributed by atoms with van der Waals surface area (Å²) in [5.74, 6) is -0.320. The zero-order valence-corrected chi connectivity index (χ0v) is 46.0. The molecule has 1 N–H and O–H groups in total. The van der Waals surface area contributed by atoms with Gasteiger partial charge in [-0.1, -0.05) is 121 Å². The maximum absolute atomic E-state index is 12.4. The van der Waals surface area contributed by atoms with Gasteiger partial charge in [0.1, 0.15) is 45.0 Å². The summed E-state index contributed by atoms with van der Waals surface area (Å²) in [4.78, 5) is 112. The van der Waals surface area contributed by atoms with E-state index in [1.165, 1.54) is 20.3 Å². The Morgan fingerprint density at radius 2 is 0.790 bits per heavy atom. The van der Waals surface area contributed by atoms with Crippen LogP contribution in [-0.2, 0) is 64.9 Å². The molecule has 0 aromatic heterocycles. The van der Waals surface area contributed by atoms with E-state index in [0.717, 1.165) is 79.8 Å². The minimum absolute atomic E-state index is 0. The summed E-state index contributed by atoms with van der Waals surface area (Å²) in [7, 11) is 0. The zero-order chi connectivity index (χ0) is 55.3. The van der Waals surface area contributed by atoms with Crippen LogP contribution in [0.5, 0.6) is 0 Å². The van der Waals surface area contributed by atoms with E-state index in [9.17, 15) is 38.7 Å². The number of hydrogen-bond donors (Lipinski definition) is 1. The van der Waals surface area contributed by atoms with E-state index in [1.54, 1.807) is 26.5 Å². The second kappa shape index (κ2) is 29.8. The van der Waals surface area contributed by atoms with E-state index in [0.29, 0.717) is 65.6 Å². The Kier molecular flexibility index (Phi) is 22.8. The SMILES string of the molecule is CCOC(=O)[C@@H]1CC[C@@H]2CN1C(=O)N2OCc1ccccc1.O=C1N2C[C@@H](CC[C@H]2CO)N1OCc1ccccc1.O=C[C@@H]1CC[C@@H]2CN1C(=O)N2OCc1ccccc1.O=C[C@@H]1CC[C@@H]2CN1C(=O)N2OCc1ccccc1.[B].[H-].[Li+]. The predicted molar refractivity (Wildman–Crippen MR) is 291 cm³/mol. The summed E-state index contributed by atoms with van der Waals surface area (Å²) in [6, 6.07) is 37.5. The van der Waals surface area contributed by atoms with Gasteiger partial charge >= 0.3 is 49.0 Å². The summed E-state index contributed by atoms with van der Waals surface area (Å²) in [5.41, 5.74) is 4.11. The number of piperidine rings is 4. The van der Waals surface area contributed by atoms with Gasteiger partial charge in [0.25, 0.3) is 0 Å². The fraction of sp³-hybridized carbons (Fsp3) is 0.466. The number of esters is 1. The minimum Gasteiger partial charge on any atom is -1.00 e. The van der Waals surface area contributed by atoms with Crippen molar-refractivity contribution in [2.45, 2.75) is 133 Å². The second-order valence-corrected chi connectivity index (χ2v) is 20.5. The second-order valence-electron chi connectivity index (χ2n) is 20.5. The molecule has 8 amide bonds. The molecule has 0 aliphatic carbocycles. The van der Waals surface area contributed by atoms with Crippen LogP contribution in [0.1, 0.15) is 82.0 Å². The number of carbonyl (C=O) groups is 7. The monoisotopic (exact) mass is 1110 g/mol. The molecule has 8 fully saturated rings. The summed E-state index contributed by atoms with van der Waals surface area (Å²) in [6.45, 7) is 6.02. The first kappa shape index (κ1) is 61.8. The van der Waals surface area contributed by atoms with Gasteiger partial charge in [0.2, 0.25) is 0 Å². The maximum atomic E-state index is 12.4. The molecular formula is C58H71BLiN8O13. The minimum atomic E-state index is -0.478. The molecule has 4 aromatic carbocycles. The molecule has 12 rings (SSSR count). The standard InChI is InChI=1S/C16H20N2O4.C14H18N2O3.2C14H16N2O3.B.Li.H/c1-2-21-15(19)14-9-8-13-10-17(14)16(20)18(13)22-11-12-6-4-3-5-7-12;3*17-9-13-7-6-12-8-15(13)14(18)16(12)19-10-11-4-2-1-3-5-11;;;/h3-7,13-14H,2,8-11H2,1H3;1-5,12-13,17H,6-10H2;2*1-5,9,12-13H,6-8,10H2;;;/q;;;;;+1;-1/t13-,14+;3*12-,13+;;;/m1111.../s1. The number of nitrogens with zero attached hydrogens (tertiary/aromatic N) is 8. The van der Waals surface area contributed by atoms with Crippen molar-refractivity contribution in [3.63, 3.8) is 0 Å². The number of amides is 8. The molecule has 8 heterocycles. The number of aldehydes is 2. The van der Waals surface area contributed by atoms with Gasteiger partial charge in [-0.15, -0.1) is 0 Å². The molecule has 23 heteroatoms. The van der Waals surface area contributed by atoms with E-state index in [4.69, 9.17) is 24.1 Å². The third kappa shape index (κ3) is 14.8. The van der Waals surface area contributed by atoms with Gasteiger partial charge in [-0.3, -0.25) is 19.4 Å². The van der Waals surface area contributed by atoms with Gasteiger partial charge in [0.05, 0.1) is 55.5 Å². The van der Waals surface area contributed by atoms with Crippen molar-refractivity contribution in [1.29, 1.82) is 0 Å². The Morgan fingerprint density at radius 1 is 0.481 bits per heavy atom. The number of aliphatic hydroxyl groups is 1. The normalized spacial score (nSPS) is 24.7. The number of aliphatic hydroxyl groups excluding tert-OH is 1. The van der Waals surface area contributed by atoms with Crippen molar-refractivity contribution in [3.8, 4) is 0 Å². The number of carbonyl (C=O) groups excluding carboxylic acids is 7. The van der Waals surface area contributed by atoms with Crippen molar-refractivity contribution in [3.05, 3.63) is 144 Å². The molecule has 21 nitrogen and oxygen atoms in total. The largest absolute Gasteiger partial charge is 1.00 e.